The Bertz CT molecular complexity index is 368. The first kappa shape index (κ1) is 12.5. The van der Waals surface area contributed by atoms with Gasteiger partial charge in [0.15, 0.2) is 0 Å². The third-order valence-corrected chi connectivity index (χ3v) is 3.72. The second-order valence-electron chi connectivity index (χ2n) is 5.34. The molecule has 2 unspecified atom stereocenters. The first-order valence-corrected chi connectivity index (χ1v) is 6.31. The molecule has 94 valence electrons. The number of pyridine rings is 1. The zero-order valence-corrected chi connectivity index (χ0v) is 10.6. The lowest BCUT2D eigenvalue weighted by Gasteiger charge is -2.43. The second-order valence-corrected chi connectivity index (χ2v) is 5.34. The Labute approximate surface area is 103 Å². The normalized spacial score (nSPS) is 33.6. The van der Waals surface area contributed by atoms with Crippen LogP contribution in [0.15, 0.2) is 24.5 Å². The summed E-state index contributed by atoms with van der Waals surface area (Å²) >= 11 is 0. The number of ether oxygens (including phenoxy) is 1. The Morgan fingerprint density at radius 3 is 3.00 bits per heavy atom. The van der Waals surface area contributed by atoms with Gasteiger partial charge in [-0.05, 0) is 31.4 Å². The van der Waals surface area contributed by atoms with Gasteiger partial charge in [0.05, 0.1) is 17.8 Å². The molecule has 2 atom stereocenters. The predicted molar refractivity (Wildman–Crippen MR) is 66.8 cm³/mol. The van der Waals surface area contributed by atoms with Crippen molar-refractivity contribution in [2.45, 2.75) is 50.7 Å². The van der Waals surface area contributed by atoms with Gasteiger partial charge >= 0.3 is 0 Å². The molecular formula is C14H21NO2. The average molecular weight is 235 g/mol. The first-order chi connectivity index (χ1) is 8.05. The number of hydrogen-bond acceptors (Lipinski definition) is 3. The summed E-state index contributed by atoms with van der Waals surface area (Å²) in [4.78, 5) is 4.10. The van der Waals surface area contributed by atoms with Crippen LogP contribution in [0.3, 0.4) is 0 Å². The van der Waals surface area contributed by atoms with Crippen molar-refractivity contribution in [3.8, 4) is 0 Å². The summed E-state index contributed by atoms with van der Waals surface area (Å²) in [6.07, 6.45) is 6.59. The van der Waals surface area contributed by atoms with Gasteiger partial charge in [-0.2, -0.15) is 0 Å². The lowest BCUT2D eigenvalue weighted by atomic mass is 9.78. The summed E-state index contributed by atoms with van der Waals surface area (Å²) in [5.41, 5.74) is 0.261. The van der Waals surface area contributed by atoms with Gasteiger partial charge in [0.1, 0.15) is 0 Å². The Morgan fingerprint density at radius 2 is 2.35 bits per heavy atom. The molecule has 1 N–H and O–H groups in total. The monoisotopic (exact) mass is 235 g/mol. The molecule has 0 bridgehead atoms. The van der Waals surface area contributed by atoms with E-state index in [9.17, 15) is 5.11 Å². The molecule has 2 rings (SSSR count). The maximum absolute atomic E-state index is 10.7. The van der Waals surface area contributed by atoms with Gasteiger partial charge in [-0.3, -0.25) is 4.98 Å². The summed E-state index contributed by atoms with van der Waals surface area (Å²) in [5, 5.41) is 10.7. The van der Waals surface area contributed by atoms with E-state index in [0.717, 1.165) is 12.0 Å². The van der Waals surface area contributed by atoms with Crippen LogP contribution in [0.4, 0.5) is 0 Å². The van der Waals surface area contributed by atoms with Crippen molar-refractivity contribution in [2.24, 2.45) is 0 Å². The van der Waals surface area contributed by atoms with Crippen molar-refractivity contribution in [3.63, 3.8) is 0 Å². The highest BCUT2D eigenvalue weighted by Crippen LogP contribution is 2.36. The molecule has 0 saturated carbocycles. The van der Waals surface area contributed by atoms with E-state index in [-0.39, 0.29) is 5.60 Å². The largest absolute Gasteiger partial charge is 0.389 e. The summed E-state index contributed by atoms with van der Waals surface area (Å²) in [6, 6.07) is 3.93. The van der Waals surface area contributed by atoms with E-state index in [4.69, 9.17) is 4.74 Å². The van der Waals surface area contributed by atoms with E-state index in [0.29, 0.717) is 25.9 Å². The molecule has 0 aromatic carbocycles. The molecule has 1 aromatic rings. The van der Waals surface area contributed by atoms with Crippen molar-refractivity contribution in [3.05, 3.63) is 30.1 Å². The molecule has 0 amide bonds. The van der Waals surface area contributed by atoms with Gasteiger partial charge in [-0.15, -0.1) is 0 Å². The summed E-state index contributed by atoms with van der Waals surface area (Å²) in [7, 11) is 0. The minimum atomic E-state index is -0.647. The van der Waals surface area contributed by atoms with Crippen LogP contribution in [0.5, 0.6) is 0 Å². The fraction of sp³-hybridized carbons (Fsp3) is 0.643. The number of hydrogen-bond donors (Lipinski definition) is 1. The lowest BCUT2D eigenvalue weighted by Crippen LogP contribution is -2.48. The zero-order chi connectivity index (χ0) is 12.4. The van der Waals surface area contributed by atoms with Crippen molar-refractivity contribution < 1.29 is 9.84 Å². The third kappa shape index (κ3) is 3.05. The van der Waals surface area contributed by atoms with Crippen LogP contribution >= 0.6 is 0 Å². The van der Waals surface area contributed by atoms with Crippen LogP contribution < -0.4 is 0 Å². The van der Waals surface area contributed by atoms with Crippen LogP contribution in [0.1, 0.15) is 38.7 Å². The summed E-state index contributed by atoms with van der Waals surface area (Å²) in [5.74, 6) is 0. The number of aromatic nitrogens is 1. The maximum atomic E-state index is 10.7. The minimum absolute atomic E-state index is 0.185. The second kappa shape index (κ2) is 4.75. The molecule has 1 fully saturated rings. The molecule has 17 heavy (non-hydrogen) atoms. The van der Waals surface area contributed by atoms with Crippen molar-refractivity contribution in [2.75, 3.05) is 6.61 Å². The molecule has 1 aromatic heterocycles. The van der Waals surface area contributed by atoms with Crippen LogP contribution in [-0.2, 0) is 11.2 Å². The highest BCUT2D eigenvalue weighted by molar-refractivity contribution is 5.13. The van der Waals surface area contributed by atoms with Crippen molar-refractivity contribution in [1.82, 2.24) is 4.98 Å². The molecule has 1 saturated heterocycles. The van der Waals surface area contributed by atoms with Gasteiger partial charge in [0.2, 0.25) is 0 Å². The number of rotatable bonds is 3. The summed E-state index contributed by atoms with van der Waals surface area (Å²) < 4.78 is 5.77. The van der Waals surface area contributed by atoms with Crippen molar-refractivity contribution in [1.29, 1.82) is 0 Å². The topological polar surface area (TPSA) is 42.4 Å². The first-order valence-electron chi connectivity index (χ1n) is 6.31. The highest BCUT2D eigenvalue weighted by Gasteiger charge is 2.40. The molecule has 2 heterocycles. The molecule has 0 spiro atoms. The Kier molecular flexibility index (Phi) is 3.50. The Balaban J connectivity index is 2.09. The van der Waals surface area contributed by atoms with Crippen molar-refractivity contribution >= 4 is 0 Å². The molecule has 1 aliphatic heterocycles. The zero-order valence-electron chi connectivity index (χ0n) is 10.6. The fourth-order valence-electron chi connectivity index (χ4n) is 2.58. The van der Waals surface area contributed by atoms with E-state index in [1.807, 2.05) is 18.3 Å². The fourth-order valence-corrected chi connectivity index (χ4v) is 2.58. The highest BCUT2D eigenvalue weighted by atomic mass is 16.5. The standard InChI is InChI=1S/C14H21NO2/c1-3-13(2)11-14(16,6-8-17-13)9-12-5-4-7-15-10-12/h4-5,7,10,16H,3,6,8-9,11H2,1-2H3. The van der Waals surface area contributed by atoms with E-state index in [1.54, 1.807) is 6.20 Å². The lowest BCUT2D eigenvalue weighted by molar-refractivity contribution is -0.152. The van der Waals surface area contributed by atoms with Gasteiger partial charge in [0, 0.05) is 25.2 Å². The van der Waals surface area contributed by atoms with Gasteiger partial charge in [-0.1, -0.05) is 13.0 Å². The van der Waals surface area contributed by atoms with E-state index in [2.05, 4.69) is 18.8 Å². The van der Waals surface area contributed by atoms with Crippen LogP contribution in [0, 0.1) is 0 Å². The molecule has 0 radical (unpaired) electrons. The van der Waals surface area contributed by atoms with Gasteiger partial charge in [0.25, 0.3) is 0 Å². The molecule has 3 heteroatoms. The Hall–Kier alpha value is -0.930. The van der Waals surface area contributed by atoms with Crippen LogP contribution in [0.2, 0.25) is 0 Å². The third-order valence-electron chi connectivity index (χ3n) is 3.72. The molecule has 3 nitrogen and oxygen atoms in total. The Morgan fingerprint density at radius 1 is 1.53 bits per heavy atom. The quantitative estimate of drug-likeness (QED) is 0.874. The predicted octanol–water partition coefficient (Wildman–Crippen LogP) is 2.33. The minimum Gasteiger partial charge on any atom is -0.389 e. The maximum Gasteiger partial charge on any atom is 0.0737 e. The number of aliphatic hydroxyl groups is 1. The van der Waals surface area contributed by atoms with E-state index >= 15 is 0 Å². The average Bonchev–Trinajstić information content (AvgIpc) is 2.29. The summed E-state index contributed by atoms with van der Waals surface area (Å²) in [6.45, 7) is 4.83. The smallest absolute Gasteiger partial charge is 0.0737 e. The van der Waals surface area contributed by atoms with E-state index < -0.39 is 5.60 Å². The van der Waals surface area contributed by atoms with Gasteiger partial charge in [-0.25, -0.2) is 0 Å². The van der Waals surface area contributed by atoms with Crippen LogP contribution in [0.25, 0.3) is 0 Å². The molecule has 0 aliphatic carbocycles. The molecular weight excluding hydrogens is 214 g/mol. The van der Waals surface area contributed by atoms with Gasteiger partial charge < -0.3 is 9.84 Å². The SMILES string of the molecule is CCC1(C)CC(O)(Cc2cccnc2)CCO1. The van der Waals surface area contributed by atoms with E-state index in [1.165, 1.54) is 0 Å². The molecule has 1 aliphatic rings. The van der Waals surface area contributed by atoms with Crippen LogP contribution in [-0.4, -0.2) is 27.9 Å². The number of nitrogens with zero attached hydrogens (tertiary/aromatic N) is 1.